The van der Waals surface area contributed by atoms with Crippen molar-refractivity contribution in [2.75, 3.05) is 33.3 Å². The van der Waals surface area contributed by atoms with E-state index in [1.54, 1.807) is 13.2 Å². The topological polar surface area (TPSA) is 37.7 Å². The third-order valence-electron chi connectivity index (χ3n) is 5.11. The molecule has 2 heterocycles. The molecule has 0 saturated carbocycles. The molecule has 0 N–H and O–H groups in total. The zero-order valence-corrected chi connectivity index (χ0v) is 17.3. The lowest BCUT2D eigenvalue weighted by Crippen LogP contribution is -2.44. The number of aromatic nitrogens is 1. The molecule has 5 nitrogen and oxygen atoms in total. The molecule has 1 aromatic carbocycles. The van der Waals surface area contributed by atoms with Gasteiger partial charge in [0, 0.05) is 50.2 Å². The van der Waals surface area contributed by atoms with Gasteiger partial charge in [-0.25, -0.2) is 0 Å². The zero-order valence-electron chi connectivity index (χ0n) is 16.5. The largest absolute Gasteiger partial charge is 0.496 e. The Labute approximate surface area is 166 Å². The van der Waals surface area contributed by atoms with Crippen molar-refractivity contribution < 1.29 is 9.53 Å². The lowest BCUT2D eigenvalue weighted by atomic mass is 10.1. The van der Waals surface area contributed by atoms with Gasteiger partial charge in [-0.2, -0.15) is 0 Å². The lowest BCUT2D eigenvalue weighted by molar-refractivity contribution is 0.0746. The van der Waals surface area contributed by atoms with Crippen molar-refractivity contribution in [3.05, 3.63) is 47.2 Å². The molecule has 6 heteroatoms. The van der Waals surface area contributed by atoms with Gasteiger partial charge in [0.05, 0.1) is 23.4 Å². The second-order valence-corrected chi connectivity index (χ2v) is 8.31. The molecule has 2 aromatic rings. The van der Waals surface area contributed by atoms with Crippen LogP contribution in [0.4, 0.5) is 0 Å². The van der Waals surface area contributed by atoms with Crippen LogP contribution < -0.4 is 4.74 Å². The minimum atomic E-state index is -0.0245. The number of amides is 1. The van der Waals surface area contributed by atoms with Crippen LogP contribution >= 0.6 is 11.6 Å². The van der Waals surface area contributed by atoms with Crippen LogP contribution in [0.25, 0.3) is 5.69 Å². The van der Waals surface area contributed by atoms with Gasteiger partial charge in [0.2, 0.25) is 0 Å². The molecule has 0 atom stereocenters. The van der Waals surface area contributed by atoms with E-state index in [9.17, 15) is 4.79 Å². The maximum Gasteiger partial charge on any atom is 0.257 e. The van der Waals surface area contributed by atoms with E-state index in [1.807, 2.05) is 40.1 Å². The number of hydrogen-bond donors (Lipinski definition) is 0. The number of carbonyl (C=O) groups is 1. The molecule has 1 aromatic heterocycles. The summed E-state index contributed by atoms with van der Waals surface area (Å²) in [4.78, 5) is 17.5. The van der Waals surface area contributed by atoms with Crippen molar-refractivity contribution in [3.63, 3.8) is 0 Å². The molecule has 1 saturated heterocycles. The molecule has 0 radical (unpaired) electrons. The van der Waals surface area contributed by atoms with Crippen LogP contribution in [-0.4, -0.2) is 59.1 Å². The summed E-state index contributed by atoms with van der Waals surface area (Å²) >= 11 is 6.49. The van der Waals surface area contributed by atoms with Gasteiger partial charge >= 0.3 is 0 Å². The number of rotatable bonds is 3. The number of benzene rings is 1. The van der Waals surface area contributed by atoms with Crippen molar-refractivity contribution in [1.29, 1.82) is 0 Å². The van der Waals surface area contributed by atoms with Crippen LogP contribution in [0, 0.1) is 0 Å². The third kappa shape index (κ3) is 4.30. The summed E-state index contributed by atoms with van der Waals surface area (Å²) in [5.41, 5.74) is 1.42. The molecule has 1 aliphatic rings. The number of ether oxygens (including phenoxy) is 1. The molecule has 0 spiro atoms. The lowest BCUT2D eigenvalue weighted by Gasteiger charge is -2.34. The first-order valence-corrected chi connectivity index (χ1v) is 9.74. The molecule has 3 rings (SSSR count). The predicted molar refractivity (Wildman–Crippen MR) is 109 cm³/mol. The van der Waals surface area contributed by atoms with Crippen LogP contribution in [0.2, 0.25) is 5.02 Å². The van der Waals surface area contributed by atoms with Gasteiger partial charge in [-0.1, -0.05) is 11.6 Å². The molecule has 0 unspecified atom stereocenters. The molecular weight excluding hydrogens is 362 g/mol. The van der Waals surface area contributed by atoms with Crippen molar-refractivity contribution in [2.45, 2.75) is 32.7 Å². The number of methoxy groups -OCH3 is 1. The maximum absolute atomic E-state index is 13.2. The average Bonchev–Trinajstić information content (AvgIpc) is 3.03. The zero-order chi connectivity index (χ0) is 19.6. The summed E-state index contributed by atoms with van der Waals surface area (Å²) in [5, 5.41) is 0.529. The van der Waals surface area contributed by atoms with Gasteiger partial charge < -0.3 is 14.2 Å². The fraction of sp³-hybridized carbons (Fsp3) is 0.476. The van der Waals surface area contributed by atoms with Crippen LogP contribution in [0.1, 0.15) is 37.6 Å². The number of carbonyl (C=O) groups excluding carboxylic acids is 1. The first-order valence-electron chi connectivity index (χ1n) is 9.36. The Bertz CT molecular complexity index is 796. The SMILES string of the molecule is COc1cc(-n2cccc2)c(Cl)cc1C(=O)N1CCCN(C(C)(C)C)CC1. The summed E-state index contributed by atoms with van der Waals surface area (Å²) in [5.74, 6) is 0.522. The van der Waals surface area contributed by atoms with E-state index < -0.39 is 0 Å². The Hall–Kier alpha value is -1.98. The summed E-state index contributed by atoms with van der Waals surface area (Å²) in [6, 6.07) is 7.42. The second kappa shape index (κ2) is 7.95. The smallest absolute Gasteiger partial charge is 0.257 e. The van der Waals surface area contributed by atoms with E-state index >= 15 is 0 Å². The van der Waals surface area contributed by atoms with Crippen LogP contribution in [0.15, 0.2) is 36.7 Å². The van der Waals surface area contributed by atoms with Crippen LogP contribution in [0.5, 0.6) is 5.75 Å². The second-order valence-electron chi connectivity index (χ2n) is 7.90. The summed E-state index contributed by atoms with van der Waals surface area (Å²) < 4.78 is 7.44. The van der Waals surface area contributed by atoms with Gasteiger partial charge in [0.25, 0.3) is 5.91 Å². The van der Waals surface area contributed by atoms with Gasteiger partial charge in [0.15, 0.2) is 0 Å². The summed E-state index contributed by atoms with van der Waals surface area (Å²) in [7, 11) is 1.59. The van der Waals surface area contributed by atoms with Crippen molar-refractivity contribution in [2.24, 2.45) is 0 Å². The molecular formula is C21H28ClN3O2. The maximum atomic E-state index is 13.2. The summed E-state index contributed by atoms with van der Waals surface area (Å²) in [6.45, 7) is 9.96. The van der Waals surface area contributed by atoms with Gasteiger partial charge in [-0.05, 0) is 45.4 Å². The van der Waals surface area contributed by atoms with Gasteiger partial charge in [-0.3, -0.25) is 9.69 Å². The molecule has 1 aliphatic heterocycles. The van der Waals surface area contributed by atoms with E-state index in [1.165, 1.54) is 0 Å². The molecule has 0 aliphatic carbocycles. The Balaban J connectivity index is 1.85. The molecule has 146 valence electrons. The van der Waals surface area contributed by atoms with Crippen molar-refractivity contribution >= 4 is 17.5 Å². The minimum absolute atomic E-state index is 0.0245. The molecule has 1 fully saturated rings. The third-order valence-corrected chi connectivity index (χ3v) is 5.42. The number of nitrogens with zero attached hydrogens (tertiary/aromatic N) is 3. The highest BCUT2D eigenvalue weighted by Crippen LogP contribution is 2.31. The highest BCUT2D eigenvalue weighted by atomic mass is 35.5. The Morgan fingerprint density at radius 3 is 2.41 bits per heavy atom. The van der Waals surface area contributed by atoms with E-state index in [0.717, 1.165) is 31.7 Å². The van der Waals surface area contributed by atoms with E-state index in [0.29, 0.717) is 22.9 Å². The average molecular weight is 390 g/mol. The summed E-state index contributed by atoms with van der Waals surface area (Å²) in [6.07, 6.45) is 4.79. The van der Waals surface area contributed by atoms with E-state index in [4.69, 9.17) is 16.3 Å². The van der Waals surface area contributed by atoms with Crippen LogP contribution in [-0.2, 0) is 0 Å². The Morgan fingerprint density at radius 2 is 1.78 bits per heavy atom. The highest BCUT2D eigenvalue weighted by Gasteiger charge is 2.28. The van der Waals surface area contributed by atoms with Crippen molar-refractivity contribution in [3.8, 4) is 11.4 Å². The Kier molecular flexibility index (Phi) is 5.82. The molecule has 0 bridgehead atoms. The Morgan fingerprint density at radius 1 is 1.07 bits per heavy atom. The molecule has 27 heavy (non-hydrogen) atoms. The normalized spacial score (nSPS) is 16.3. The van der Waals surface area contributed by atoms with E-state index in [-0.39, 0.29) is 11.4 Å². The minimum Gasteiger partial charge on any atom is -0.496 e. The van der Waals surface area contributed by atoms with Crippen LogP contribution in [0.3, 0.4) is 0 Å². The number of halogens is 1. The standard InChI is InChI=1S/C21H28ClN3O2/c1-21(2,3)25-11-7-10-24(12-13-25)20(26)16-14-17(22)18(15-19(16)27-4)23-8-5-6-9-23/h5-6,8-9,14-15H,7,10-13H2,1-4H3. The predicted octanol–water partition coefficient (Wildman–Crippen LogP) is 4.09. The fourth-order valence-electron chi connectivity index (χ4n) is 3.53. The van der Waals surface area contributed by atoms with Gasteiger partial charge in [-0.15, -0.1) is 0 Å². The van der Waals surface area contributed by atoms with E-state index in [2.05, 4.69) is 25.7 Å². The number of hydrogen-bond acceptors (Lipinski definition) is 3. The molecule has 1 amide bonds. The first-order chi connectivity index (χ1) is 12.8. The first kappa shape index (κ1) is 19.8. The quantitative estimate of drug-likeness (QED) is 0.793. The highest BCUT2D eigenvalue weighted by molar-refractivity contribution is 6.33. The van der Waals surface area contributed by atoms with Crippen molar-refractivity contribution in [1.82, 2.24) is 14.4 Å². The fourth-order valence-corrected chi connectivity index (χ4v) is 3.79. The van der Waals surface area contributed by atoms with Gasteiger partial charge in [0.1, 0.15) is 5.75 Å². The monoisotopic (exact) mass is 389 g/mol.